The number of anilines is 3. The number of furan rings is 2. The average Bonchev–Trinajstić information content (AvgIpc) is 1.85. The molecule has 0 saturated heterocycles. The first-order chi connectivity index (χ1) is 44.1. The second-order valence-electron chi connectivity index (χ2n) is 23.2. The molecule has 0 amide bonds. The number of aromatic nitrogens is 2. The van der Waals surface area contributed by atoms with E-state index in [1.165, 1.54) is 54.8 Å². The third-order valence-electron chi connectivity index (χ3n) is 18.1. The zero-order valence-corrected chi connectivity index (χ0v) is 48.3. The predicted octanol–water partition coefficient (Wildman–Crippen LogP) is 23.5. The highest BCUT2D eigenvalue weighted by Gasteiger charge is 2.21. The van der Waals surface area contributed by atoms with Crippen molar-refractivity contribution in [3.8, 4) is 67.0 Å². The summed E-state index contributed by atoms with van der Waals surface area (Å²) < 4.78 is 17.8. The van der Waals surface area contributed by atoms with Crippen LogP contribution in [0.4, 0.5) is 17.1 Å². The molecule has 0 unspecified atom stereocenters. The predicted molar refractivity (Wildman–Crippen MR) is 372 cm³/mol. The Bertz CT molecular complexity index is 5440. The van der Waals surface area contributed by atoms with Crippen LogP contribution in [0.25, 0.3) is 154 Å². The topological polar surface area (TPSA) is 39.4 Å². The summed E-state index contributed by atoms with van der Waals surface area (Å²) >= 11 is 0. The zero-order valence-electron chi connectivity index (χ0n) is 48.3. The van der Waals surface area contributed by atoms with E-state index in [0.717, 1.165) is 117 Å². The van der Waals surface area contributed by atoms with Gasteiger partial charge in [-0.3, -0.25) is 0 Å². The summed E-state index contributed by atoms with van der Waals surface area (Å²) in [6.45, 7) is 0. The van der Waals surface area contributed by atoms with Crippen molar-refractivity contribution in [2.75, 3.05) is 4.90 Å². The van der Waals surface area contributed by atoms with Gasteiger partial charge >= 0.3 is 0 Å². The van der Waals surface area contributed by atoms with Crippen LogP contribution in [0.15, 0.2) is 330 Å². The summed E-state index contributed by atoms with van der Waals surface area (Å²) in [6.07, 6.45) is 0. The number of para-hydroxylation sites is 4. The molecule has 0 atom stereocenters. The smallest absolute Gasteiger partial charge is 0.137 e. The number of hydrogen-bond donors (Lipinski definition) is 0. The Hall–Kier alpha value is -11.9. The Balaban J connectivity index is 0.786. The third-order valence-corrected chi connectivity index (χ3v) is 18.1. The van der Waals surface area contributed by atoms with Crippen LogP contribution in [-0.4, -0.2) is 9.13 Å². The quantitative estimate of drug-likeness (QED) is 0.137. The van der Waals surface area contributed by atoms with Gasteiger partial charge in [0.1, 0.15) is 22.3 Å². The molecule has 0 spiro atoms. The van der Waals surface area contributed by atoms with Crippen molar-refractivity contribution in [1.82, 2.24) is 9.13 Å². The van der Waals surface area contributed by atoms with Crippen LogP contribution in [0.3, 0.4) is 0 Å². The lowest BCUT2D eigenvalue weighted by atomic mass is 9.92. The van der Waals surface area contributed by atoms with Crippen molar-refractivity contribution in [1.29, 1.82) is 0 Å². The molecule has 4 heterocycles. The van der Waals surface area contributed by atoms with Gasteiger partial charge in [-0.25, -0.2) is 0 Å². The lowest BCUT2D eigenvalue weighted by Crippen LogP contribution is -2.09. The van der Waals surface area contributed by atoms with Gasteiger partial charge in [-0.05, 0) is 183 Å². The van der Waals surface area contributed by atoms with E-state index in [2.05, 4.69) is 311 Å². The van der Waals surface area contributed by atoms with Crippen LogP contribution in [0.1, 0.15) is 0 Å². The molecule has 0 saturated carbocycles. The zero-order chi connectivity index (χ0) is 58.5. The monoisotopic (exact) mass is 1140 g/mol. The molecule has 14 aromatic carbocycles. The first-order valence-corrected chi connectivity index (χ1v) is 30.4. The fourth-order valence-corrected chi connectivity index (χ4v) is 13.8. The molecule has 5 nitrogen and oxygen atoms in total. The minimum absolute atomic E-state index is 0.833. The van der Waals surface area contributed by atoms with E-state index in [-0.39, 0.29) is 0 Å². The molecular weight excluding hydrogens is 1080 g/mol. The summed E-state index contributed by atoms with van der Waals surface area (Å²) in [5.74, 6) is 0. The molecule has 0 N–H and O–H groups in total. The summed E-state index contributed by atoms with van der Waals surface area (Å²) in [5, 5.41) is 9.20. The third kappa shape index (κ3) is 8.47. The van der Waals surface area contributed by atoms with Crippen LogP contribution < -0.4 is 4.90 Å². The van der Waals surface area contributed by atoms with Gasteiger partial charge in [-0.2, -0.15) is 0 Å². The van der Waals surface area contributed by atoms with Crippen LogP contribution in [-0.2, 0) is 0 Å². The molecule has 4 aromatic heterocycles. The van der Waals surface area contributed by atoms with Crippen molar-refractivity contribution in [2.45, 2.75) is 0 Å². The van der Waals surface area contributed by atoms with Gasteiger partial charge in [0.15, 0.2) is 0 Å². The molecule has 0 bridgehead atoms. The second kappa shape index (κ2) is 20.4. The largest absolute Gasteiger partial charge is 0.456 e. The maximum Gasteiger partial charge on any atom is 0.137 e. The number of nitrogens with zero attached hydrogens (tertiary/aromatic N) is 3. The molecule has 0 aliphatic heterocycles. The van der Waals surface area contributed by atoms with Crippen molar-refractivity contribution >= 4 is 105 Å². The average molecular weight is 1140 g/mol. The van der Waals surface area contributed by atoms with E-state index in [1.54, 1.807) is 0 Å². The number of benzene rings is 14. The van der Waals surface area contributed by atoms with E-state index in [0.29, 0.717) is 0 Å². The molecule has 0 aliphatic carbocycles. The minimum atomic E-state index is 0.833. The first-order valence-electron chi connectivity index (χ1n) is 30.4. The molecule has 89 heavy (non-hydrogen) atoms. The van der Waals surface area contributed by atoms with Gasteiger partial charge in [-0.15, -0.1) is 0 Å². The number of hydrogen-bond acceptors (Lipinski definition) is 3. The summed E-state index contributed by atoms with van der Waals surface area (Å²) in [5.41, 5.74) is 24.9. The molecule has 0 fully saturated rings. The molecular formula is C84H53N3O2. The lowest BCUT2D eigenvalue weighted by molar-refractivity contribution is 0.669. The van der Waals surface area contributed by atoms with Crippen LogP contribution in [0.5, 0.6) is 0 Å². The Labute approximate surface area is 513 Å². The standard InChI is InChI=1S/C84H53N3O2/c1-3-15-54(16-4-1)56-27-37-65(38-28-56)86-77-23-11-7-19-69(77)75-50-59(33-45-79(75)86)62-47-61(48-63(49-62)60-34-46-80-76(51-60)70-20-8-12-24-78(70)87(80)66-39-29-57(30-40-66)55-17-5-2-6-18-55)58-31-35-64(36-32-58)85(67-41-43-73-71-21-9-13-25-81(71)88-83(73)52-67)68-42-44-74-72-22-10-14-26-82(72)89-84(74)53-68/h1-53H. The van der Waals surface area contributed by atoms with E-state index in [9.17, 15) is 0 Å². The Morgan fingerprint density at radius 2 is 0.517 bits per heavy atom. The second-order valence-corrected chi connectivity index (χ2v) is 23.2. The van der Waals surface area contributed by atoms with Gasteiger partial charge in [0.2, 0.25) is 0 Å². The van der Waals surface area contributed by atoms with Crippen LogP contribution in [0.2, 0.25) is 0 Å². The molecule has 18 rings (SSSR count). The van der Waals surface area contributed by atoms with Gasteiger partial charge in [-0.1, -0.05) is 182 Å². The maximum atomic E-state index is 6.52. The van der Waals surface area contributed by atoms with Gasteiger partial charge in [0.25, 0.3) is 0 Å². The van der Waals surface area contributed by atoms with Crippen LogP contribution in [0, 0.1) is 0 Å². The van der Waals surface area contributed by atoms with E-state index in [1.807, 2.05) is 24.3 Å². The number of rotatable bonds is 10. The first kappa shape index (κ1) is 50.4. The van der Waals surface area contributed by atoms with E-state index in [4.69, 9.17) is 8.83 Å². The van der Waals surface area contributed by atoms with E-state index >= 15 is 0 Å². The highest BCUT2D eigenvalue weighted by atomic mass is 16.3. The van der Waals surface area contributed by atoms with Gasteiger partial charge in [0.05, 0.1) is 22.1 Å². The van der Waals surface area contributed by atoms with Gasteiger partial charge < -0.3 is 22.9 Å². The molecule has 18 aromatic rings. The Morgan fingerprint density at radius 3 is 0.978 bits per heavy atom. The SMILES string of the molecule is c1ccc(-c2ccc(-n3c4ccccc4c4cc(-c5cc(-c6ccc(N(c7ccc8c(c7)oc7ccccc78)c7ccc8c(c7)oc7ccccc78)cc6)cc(-c6ccc7c(c6)c6ccccc6n7-c6ccc(-c7ccccc7)cc6)c5)ccc43)cc2)cc1. The lowest BCUT2D eigenvalue weighted by Gasteiger charge is -2.25. The summed E-state index contributed by atoms with van der Waals surface area (Å²) in [4.78, 5) is 2.30. The maximum absolute atomic E-state index is 6.52. The highest BCUT2D eigenvalue weighted by molar-refractivity contribution is 6.13. The van der Waals surface area contributed by atoms with Crippen LogP contribution >= 0.6 is 0 Å². The Morgan fingerprint density at radius 1 is 0.191 bits per heavy atom. The Kier molecular flexibility index (Phi) is 11.5. The normalized spacial score (nSPS) is 11.8. The fourth-order valence-electron chi connectivity index (χ4n) is 13.8. The summed E-state index contributed by atoms with van der Waals surface area (Å²) in [6, 6.07) is 116. The highest BCUT2D eigenvalue weighted by Crippen LogP contribution is 2.44. The molecule has 5 heteroatoms. The van der Waals surface area contributed by atoms with Crippen molar-refractivity contribution in [3.63, 3.8) is 0 Å². The number of fused-ring (bicyclic) bond motifs is 12. The molecule has 0 radical (unpaired) electrons. The van der Waals surface area contributed by atoms with Crippen molar-refractivity contribution in [3.05, 3.63) is 322 Å². The minimum Gasteiger partial charge on any atom is -0.456 e. The van der Waals surface area contributed by atoms with Gasteiger partial charge in [0, 0.05) is 83.7 Å². The van der Waals surface area contributed by atoms with Crippen molar-refractivity contribution < 1.29 is 8.83 Å². The molecule has 416 valence electrons. The van der Waals surface area contributed by atoms with Crippen molar-refractivity contribution in [2.24, 2.45) is 0 Å². The fraction of sp³-hybridized carbons (Fsp3) is 0. The molecule has 0 aliphatic rings. The van der Waals surface area contributed by atoms with E-state index < -0.39 is 0 Å². The summed E-state index contributed by atoms with van der Waals surface area (Å²) in [7, 11) is 0.